The molecule has 1 aliphatic carbocycles. The van der Waals surface area contributed by atoms with Crippen molar-refractivity contribution in [2.24, 2.45) is 5.92 Å². The summed E-state index contributed by atoms with van der Waals surface area (Å²) in [6, 6.07) is 4.63. The van der Waals surface area contributed by atoms with E-state index >= 15 is 0 Å². The van der Waals surface area contributed by atoms with E-state index in [4.69, 9.17) is 9.47 Å². The van der Waals surface area contributed by atoms with Crippen molar-refractivity contribution in [3.05, 3.63) is 22.2 Å². The second kappa shape index (κ2) is 9.33. The highest BCUT2D eigenvalue weighted by atomic mass is 79.9. The summed E-state index contributed by atoms with van der Waals surface area (Å²) in [5.74, 6) is 2.59. The Kier molecular flexibility index (Phi) is 8.45. The Bertz CT molecular complexity index is 509. The molecule has 0 unspecified atom stereocenters. The third kappa shape index (κ3) is 4.67. The molecule has 1 aliphatic heterocycles. The highest BCUT2D eigenvalue weighted by Crippen LogP contribution is 2.48. The molecule has 7 heteroatoms. The summed E-state index contributed by atoms with van der Waals surface area (Å²) in [6.07, 6.45) is 2.63. The largest absolute Gasteiger partial charge is 0.496 e. The lowest BCUT2D eigenvalue weighted by molar-refractivity contribution is 0.153. The molecule has 0 bridgehead atoms. The molecule has 2 aliphatic rings. The van der Waals surface area contributed by atoms with Crippen LogP contribution in [0.3, 0.4) is 0 Å². The molecule has 0 amide bonds. The summed E-state index contributed by atoms with van der Waals surface area (Å²) in [4.78, 5) is 2.60. The fraction of sp³-hybridized carbons (Fsp3) is 0.625. The summed E-state index contributed by atoms with van der Waals surface area (Å²) in [5, 5.41) is 3.44. The van der Waals surface area contributed by atoms with Gasteiger partial charge in [0.05, 0.1) is 18.7 Å². The maximum atomic E-state index is 5.65. The number of piperazine rings is 1. The number of rotatable bonds is 5. The van der Waals surface area contributed by atoms with Crippen molar-refractivity contribution in [2.45, 2.75) is 18.9 Å². The van der Waals surface area contributed by atoms with E-state index in [9.17, 15) is 0 Å². The summed E-state index contributed by atoms with van der Waals surface area (Å²) < 4.78 is 12.1. The van der Waals surface area contributed by atoms with Gasteiger partial charge in [0.25, 0.3) is 0 Å². The van der Waals surface area contributed by atoms with Crippen LogP contribution >= 0.6 is 40.7 Å². The van der Waals surface area contributed by atoms with Crippen LogP contribution in [0.15, 0.2) is 16.6 Å². The van der Waals surface area contributed by atoms with Gasteiger partial charge in [-0.25, -0.2) is 0 Å². The zero-order chi connectivity index (χ0) is 14.8. The van der Waals surface area contributed by atoms with Crippen molar-refractivity contribution in [3.63, 3.8) is 0 Å². The third-order valence-electron chi connectivity index (χ3n) is 4.44. The average Bonchev–Trinajstić information content (AvgIpc) is 3.34. The molecule has 0 radical (unpaired) electrons. The summed E-state index contributed by atoms with van der Waals surface area (Å²) in [6.45, 7) is 4.34. The highest BCUT2D eigenvalue weighted by Gasteiger charge is 2.38. The molecule has 2 fully saturated rings. The minimum Gasteiger partial charge on any atom is -0.496 e. The number of hydrogen-bond acceptors (Lipinski definition) is 4. The van der Waals surface area contributed by atoms with Gasteiger partial charge in [0.1, 0.15) is 11.5 Å². The maximum absolute atomic E-state index is 5.65. The topological polar surface area (TPSA) is 33.7 Å². The lowest BCUT2D eigenvalue weighted by Crippen LogP contribution is -2.45. The molecule has 1 saturated heterocycles. The van der Waals surface area contributed by atoms with Crippen molar-refractivity contribution >= 4 is 40.7 Å². The Morgan fingerprint density at radius 3 is 2.22 bits per heavy atom. The predicted molar refractivity (Wildman–Crippen MR) is 102 cm³/mol. The van der Waals surface area contributed by atoms with Crippen LogP contribution in [-0.2, 0) is 0 Å². The summed E-state index contributed by atoms with van der Waals surface area (Å²) >= 11 is 3.55. The van der Waals surface area contributed by atoms with E-state index in [1.807, 2.05) is 6.07 Å². The number of nitrogens with one attached hydrogen (secondary N) is 1. The van der Waals surface area contributed by atoms with Crippen molar-refractivity contribution in [3.8, 4) is 11.5 Å². The fourth-order valence-corrected chi connectivity index (χ4v) is 3.72. The van der Waals surface area contributed by atoms with E-state index in [0.717, 1.165) is 48.1 Å². The summed E-state index contributed by atoms with van der Waals surface area (Å²) in [7, 11) is 3.47. The Hall–Kier alpha value is -0.200. The third-order valence-corrected chi connectivity index (χ3v) is 5.06. The molecule has 1 aromatic rings. The first-order valence-corrected chi connectivity index (χ1v) is 8.40. The Morgan fingerprint density at radius 1 is 1.09 bits per heavy atom. The second-order valence-corrected chi connectivity index (χ2v) is 6.65. The fourth-order valence-electron chi connectivity index (χ4n) is 3.24. The number of hydrogen-bond donors (Lipinski definition) is 1. The first kappa shape index (κ1) is 20.8. The van der Waals surface area contributed by atoms with Gasteiger partial charge in [-0.2, -0.15) is 0 Å². The molecule has 1 aromatic carbocycles. The minimum absolute atomic E-state index is 0. The Balaban J connectivity index is 0.00000132. The normalized spacial score (nSPS) is 19.3. The zero-order valence-corrected chi connectivity index (χ0v) is 16.7. The molecular weight excluding hydrogens is 403 g/mol. The van der Waals surface area contributed by atoms with Crippen LogP contribution in [0.1, 0.15) is 24.4 Å². The van der Waals surface area contributed by atoms with E-state index in [0.29, 0.717) is 6.04 Å². The molecule has 1 saturated carbocycles. The monoisotopic (exact) mass is 426 g/mol. The van der Waals surface area contributed by atoms with Crippen molar-refractivity contribution in [1.82, 2.24) is 10.2 Å². The van der Waals surface area contributed by atoms with Crippen molar-refractivity contribution in [1.29, 1.82) is 0 Å². The lowest BCUT2D eigenvalue weighted by Gasteiger charge is -2.36. The van der Waals surface area contributed by atoms with Crippen LogP contribution in [0.25, 0.3) is 0 Å². The maximum Gasteiger partial charge on any atom is 0.133 e. The van der Waals surface area contributed by atoms with Gasteiger partial charge >= 0.3 is 0 Å². The van der Waals surface area contributed by atoms with Crippen LogP contribution < -0.4 is 14.8 Å². The average molecular weight is 428 g/mol. The summed E-state index contributed by atoms with van der Waals surface area (Å²) in [5.41, 5.74) is 1.27. The molecule has 23 heavy (non-hydrogen) atoms. The standard InChI is InChI=1S/C16H23BrN2O2.2ClH/c1-20-14-10-13(17)15(21-2)9-12(14)16(11-3-4-11)19-7-5-18-6-8-19;;/h9-11,16,18H,3-8H2,1-2H3;2*1H/t16-;;/m0../s1. The van der Waals surface area contributed by atoms with Crippen LogP contribution in [0.2, 0.25) is 0 Å². The molecule has 132 valence electrons. The Labute approximate surface area is 159 Å². The lowest BCUT2D eigenvalue weighted by atomic mass is 9.98. The van der Waals surface area contributed by atoms with Gasteiger partial charge in [0, 0.05) is 37.8 Å². The van der Waals surface area contributed by atoms with Gasteiger partial charge in [-0.05, 0) is 46.8 Å². The van der Waals surface area contributed by atoms with E-state index in [1.54, 1.807) is 14.2 Å². The van der Waals surface area contributed by atoms with Gasteiger partial charge in [-0.1, -0.05) is 0 Å². The van der Waals surface area contributed by atoms with E-state index in [1.165, 1.54) is 18.4 Å². The van der Waals surface area contributed by atoms with Crippen molar-refractivity contribution in [2.75, 3.05) is 40.4 Å². The molecule has 1 atom stereocenters. The molecule has 1 heterocycles. The van der Waals surface area contributed by atoms with Crippen LogP contribution in [-0.4, -0.2) is 45.3 Å². The van der Waals surface area contributed by atoms with Crippen molar-refractivity contribution < 1.29 is 9.47 Å². The van der Waals surface area contributed by atoms with Gasteiger partial charge in [0.15, 0.2) is 0 Å². The second-order valence-electron chi connectivity index (χ2n) is 5.80. The molecule has 0 aromatic heterocycles. The molecule has 0 spiro atoms. The van der Waals surface area contributed by atoms with Gasteiger partial charge in [0.2, 0.25) is 0 Å². The van der Waals surface area contributed by atoms with Gasteiger partial charge < -0.3 is 14.8 Å². The van der Waals surface area contributed by atoms with Gasteiger partial charge in [-0.15, -0.1) is 24.8 Å². The van der Waals surface area contributed by atoms with E-state index < -0.39 is 0 Å². The number of benzene rings is 1. The van der Waals surface area contributed by atoms with E-state index in [2.05, 4.69) is 32.2 Å². The molecule has 3 rings (SSSR count). The smallest absolute Gasteiger partial charge is 0.133 e. The number of methoxy groups -OCH3 is 2. The molecular formula is C16H25BrCl2N2O2. The quantitative estimate of drug-likeness (QED) is 0.777. The molecule has 4 nitrogen and oxygen atoms in total. The number of nitrogens with zero attached hydrogens (tertiary/aromatic N) is 1. The Morgan fingerprint density at radius 2 is 1.70 bits per heavy atom. The predicted octanol–water partition coefficient (Wildman–Crippen LogP) is 3.67. The number of halogens is 3. The SMILES string of the molecule is COc1cc([C@H](C2CC2)N2CCNCC2)c(OC)cc1Br.Cl.Cl. The zero-order valence-electron chi connectivity index (χ0n) is 13.5. The van der Waals surface area contributed by atoms with Crippen LogP contribution in [0.4, 0.5) is 0 Å². The minimum atomic E-state index is 0. The van der Waals surface area contributed by atoms with Crippen LogP contribution in [0, 0.1) is 5.92 Å². The van der Waals surface area contributed by atoms with Gasteiger partial charge in [-0.3, -0.25) is 4.90 Å². The highest BCUT2D eigenvalue weighted by molar-refractivity contribution is 9.10. The van der Waals surface area contributed by atoms with E-state index in [-0.39, 0.29) is 24.8 Å². The van der Waals surface area contributed by atoms with Crippen LogP contribution in [0.5, 0.6) is 11.5 Å². The number of ether oxygens (including phenoxy) is 2. The first-order valence-electron chi connectivity index (χ1n) is 7.60. The molecule has 1 N–H and O–H groups in total. The first-order chi connectivity index (χ1) is 10.2.